The van der Waals surface area contributed by atoms with Gasteiger partial charge in [-0.25, -0.2) is 22.4 Å². The molecule has 0 radical (unpaired) electrons. The first-order valence-corrected chi connectivity index (χ1v) is 10.8. The summed E-state index contributed by atoms with van der Waals surface area (Å²) >= 11 is 3.41. The van der Waals surface area contributed by atoms with Gasteiger partial charge in [-0.05, 0) is 46.3 Å². The van der Waals surface area contributed by atoms with Gasteiger partial charge in [-0.1, -0.05) is 18.2 Å². The molecule has 2 heterocycles. The SMILES string of the molecule is COc1ccc(-c2cnc3c(n2)c(Br)cn3S(=O)(=O)c2ccccc2)cc1OC. The lowest BCUT2D eigenvalue weighted by Gasteiger charge is -2.09. The molecule has 0 bridgehead atoms. The second-order valence-electron chi connectivity index (χ2n) is 6.09. The normalized spacial score (nSPS) is 11.6. The molecule has 4 rings (SSSR count). The van der Waals surface area contributed by atoms with Gasteiger partial charge < -0.3 is 9.47 Å². The number of rotatable bonds is 5. The van der Waals surface area contributed by atoms with E-state index in [-0.39, 0.29) is 10.5 Å². The number of aromatic nitrogens is 3. The number of halogens is 1. The number of ether oxygens (including phenoxy) is 2. The van der Waals surface area contributed by atoms with E-state index < -0.39 is 10.0 Å². The predicted octanol–water partition coefficient (Wildman–Crippen LogP) is 4.12. The van der Waals surface area contributed by atoms with Crippen LogP contribution in [0.15, 0.2) is 70.3 Å². The average molecular weight is 474 g/mol. The Balaban J connectivity index is 1.84. The van der Waals surface area contributed by atoms with Crippen molar-refractivity contribution in [3.05, 3.63) is 65.4 Å². The molecule has 0 unspecified atom stereocenters. The van der Waals surface area contributed by atoms with Crippen molar-refractivity contribution in [1.29, 1.82) is 0 Å². The largest absolute Gasteiger partial charge is 0.493 e. The van der Waals surface area contributed by atoms with Crippen LogP contribution >= 0.6 is 15.9 Å². The van der Waals surface area contributed by atoms with E-state index in [2.05, 4.69) is 25.9 Å². The second-order valence-corrected chi connectivity index (χ2v) is 8.76. The van der Waals surface area contributed by atoms with Crippen LogP contribution < -0.4 is 9.47 Å². The van der Waals surface area contributed by atoms with Gasteiger partial charge in [0, 0.05) is 11.8 Å². The maximum absolute atomic E-state index is 13.0. The average Bonchev–Trinajstić information content (AvgIpc) is 3.10. The van der Waals surface area contributed by atoms with Gasteiger partial charge in [0.25, 0.3) is 10.0 Å². The minimum Gasteiger partial charge on any atom is -0.493 e. The number of methoxy groups -OCH3 is 2. The van der Waals surface area contributed by atoms with Crippen molar-refractivity contribution >= 4 is 37.1 Å². The minimum absolute atomic E-state index is 0.176. The lowest BCUT2D eigenvalue weighted by atomic mass is 10.1. The molecule has 0 saturated heterocycles. The van der Waals surface area contributed by atoms with E-state index in [0.717, 1.165) is 9.54 Å². The third-order valence-corrected chi connectivity index (χ3v) is 6.64. The van der Waals surface area contributed by atoms with Crippen LogP contribution in [0.2, 0.25) is 0 Å². The molecule has 148 valence electrons. The molecule has 0 aliphatic rings. The zero-order chi connectivity index (χ0) is 20.6. The van der Waals surface area contributed by atoms with Crippen molar-refractivity contribution in [2.75, 3.05) is 14.2 Å². The molecule has 0 aliphatic carbocycles. The first-order valence-electron chi connectivity index (χ1n) is 8.52. The van der Waals surface area contributed by atoms with Crippen LogP contribution in [0.3, 0.4) is 0 Å². The Morgan fingerprint density at radius 3 is 2.41 bits per heavy atom. The maximum atomic E-state index is 13.0. The fourth-order valence-electron chi connectivity index (χ4n) is 2.95. The first-order chi connectivity index (χ1) is 14.0. The minimum atomic E-state index is -3.79. The molecular formula is C20H16BrN3O4S. The number of hydrogen-bond donors (Lipinski definition) is 0. The van der Waals surface area contributed by atoms with E-state index in [0.29, 0.717) is 27.2 Å². The zero-order valence-electron chi connectivity index (χ0n) is 15.5. The van der Waals surface area contributed by atoms with E-state index in [4.69, 9.17) is 9.47 Å². The van der Waals surface area contributed by atoms with Crippen LogP contribution in [-0.2, 0) is 10.0 Å². The number of nitrogens with zero attached hydrogens (tertiary/aromatic N) is 3. The molecule has 9 heteroatoms. The molecule has 29 heavy (non-hydrogen) atoms. The Labute approximate surface area is 176 Å². The molecule has 0 aliphatic heterocycles. The van der Waals surface area contributed by atoms with Gasteiger partial charge in [-0.2, -0.15) is 0 Å². The summed E-state index contributed by atoms with van der Waals surface area (Å²) in [6.07, 6.45) is 3.00. The molecule has 0 N–H and O–H groups in total. The van der Waals surface area contributed by atoms with E-state index in [1.807, 2.05) is 6.07 Å². The lowest BCUT2D eigenvalue weighted by molar-refractivity contribution is 0.355. The quantitative estimate of drug-likeness (QED) is 0.433. The molecule has 0 saturated carbocycles. The van der Waals surface area contributed by atoms with Crippen molar-refractivity contribution in [3.63, 3.8) is 0 Å². The van der Waals surface area contributed by atoms with Gasteiger partial charge in [0.15, 0.2) is 17.1 Å². The highest BCUT2D eigenvalue weighted by molar-refractivity contribution is 9.10. The molecule has 0 spiro atoms. The summed E-state index contributed by atoms with van der Waals surface area (Å²) in [7, 11) is -0.671. The van der Waals surface area contributed by atoms with Crippen LogP contribution in [0.4, 0.5) is 0 Å². The van der Waals surface area contributed by atoms with Crippen LogP contribution in [0, 0.1) is 0 Å². The fourth-order valence-corrected chi connectivity index (χ4v) is 4.89. The van der Waals surface area contributed by atoms with Gasteiger partial charge in [0.1, 0.15) is 5.52 Å². The first kappa shape index (κ1) is 19.4. The summed E-state index contributed by atoms with van der Waals surface area (Å²) in [5, 5.41) is 0. The summed E-state index contributed by atoms with van der Waals surface area (Å²) in [5.41, 5.74) is 2.03. The lowest BCUT2D eigenvalue weighted by Crippen LogP contribution is -2.12. The smallest absolute Gasteiger partial charge is 0.269 e. The summed E-state index contributed by atoms with van der Waals surface area (Å²) < 4.78 is 38.3. The molecule has 4 aromatic rings. The fraction of sp³-hybridized carbons (Fsp3) is 0.100. The van der Waals surface area contributed by atoms with E-state index in [9.17, 15) is 8.42 Å². The molecule has 2 aromatic carbocycles. The Kier molecular flexibility index (Phi) is 5.01. The molecular weight excluding hydrogens is 458 g/mol. The Morgan fingerprint density at radius 2 is 1.72 bits per heavy atom. The van der Waals surface area contributed by atoms with Gasteiger partial charge in [-0.3, -0.25) is 0 Å². The molecule has 0 amide bonds. The third kappa shape index (κ3) is 3.36. The molecule has 0 atom stereocenters. The zero-order valence-corrected chi connectivity index (χ0v) is 17.9. The number of benzene rings is 2. The van der Waals surface area contributed by atoms with Crippen molar-refractivity contribution in [2.24, 2.45) is 0 Å². The number of hydrogen-bond acceptors (Lipinski definition) is 6. The van der Waals surface area contributed by atoms with Gasteiger partial charge >= 0.3 is 0 Å². The number of fused-ring (bicyclic) bond motifs is 1. The van der Waals surface area contributed by atoms with E-state index in [1.165, 1.54) is 12.4 Å². The van der Waals surface area contributed by atoms with Gasteiger partial charge in [0.2, 0.25) is 0 Å². The van der Waals surface area contributed by atoms with Crippen molar-refractivity contribution < 1.29 is 17.9 Å². The molecule has 2 aromatic heterocycles. The highest BCUT2D eigenvalue weighted by Crippen LogP contribution is 2.33. The molecule has 0 fully saturated rings. The Morgan fingerprint density at radius 1 is 1.00 bits per heavy atom. The Hall–Kier alpha value is -2.91. The van der Waals surface area contributed by atoms with Crippen molar-refractivity contribution in [1.82, 2.24) is 13.9 Å². The van der Waals surface area contributed by atoms with E-state index in [1.54, 1.807) is 56.7 Å². The standard InChI is InChI=1S/C20H16BrN3O4S/c1-27-17-9-8-13(10-18(17)28-2)16-11-22-20-19(23-16)15(21)12-24(20)29(25,26)14-6-4-3-5-7-14/h3-12H,1-2H3. The highest BCUT2D eigenvalue weighted by Gasteiger charge is 2.22. The van der Waals surface area contributed by atoms with Crippen LogP contribution in [-0.4, -0.2) is 36.6 Å². The van der Waals surface area contributed by atoms with Gasteiger partial charge in [-0.15, -0.1) is 0 Å². The summed E-state index contributed by atoms with van der Waals surface area (Å²) in [6, 6.07) is 13.6. The van der Waals surface area contributed by atoms with Gasteiger partial charge in [0.05, 0.1) is 35.5 Å². The Bertz CT molecular complexity index is 1300. The second kappa shape index (κ2) is 7.49. The van der Waals surface area contributed by atoms with Crippen molar-refractivity contribution in [2.45, 2.75) is 4.90 Å². The summed E-state index contributed by atoms with van der Waals surface area (Å²) in [5.74, 6) is 1.17. The summed E-state index contributed by atoms with van der Waals surface area (Å²) in [6.45, 7) is 0. The monoisotopic (exact) mass is 473 g/mol. The van der Waals surface area contributed by atoms with Crippen LogP contribution in [0.25, 0.3) is 22.4 Å². The van der Waals surface area contributed by atoms with Crippen molar-refractivity contribution in [3.8, 4) is 22.8 Å². The highest BCUT2D eigenvalue weighted by atomic mass is 79.9. The summed E-state index contributed by atoms with van der Waals surface area (Å²) in [4.78, 5) is 9.18. The van der Waals surface area contributed by atoms with E-state index >= 15 is 0 Å². The molecule has 7 nitrogen and oxygen atoms in total. The maximum Gasteiger partial charge on any atom is 0.269 e. The predicted molar refractivity (Wildman–Crippen MR) is 113 cm³/mol. The topological polar surface area (TPSA) is 83.3 Å². The van der Waals surface area contributed by atoms with Crippen LogP contribution in [0.1, 0.15) is 0 Å². The third-order valence-electron chi connectivity index (χ3n) is 4.40. The van der Waals surface area contributed by atoms with Crippen LogP contribution in [0.5, 0.6) is 11.5 Å².